The Kier molecular flexibility index (Phi) is 4.78. The van der Waals surface area contributed by atoms with E-state index >= 15 is 0 Å². The zero-order valence-corrected chi connectivity index (χ0v) is 10.6. The molecule has 4 nitrogen and oxygen atoms in total. The minimum atomic E-state index is -0.00857. The number of carbonyl (C=O) groups is 1. The number of nitrogens with zero attached hydrogens (tertiary/aromatic N) is 1. The third-order valence-corrected chi connectivity index (χ3v) is 2.78. The number of nitrogens with two attached hydrogens (primary N) is 1. The zero-order valence-electron chi connectivity index (χ0n) is 9.76. The fourth-order valence-electron chi connectivity index (χ4n) is 1.91. The lowest BCUT2D eigenvalue weighted by atomic mass is 10.2. The summed E-state index contributed by atoms with van der Waals surface area (Å²) < 4.78 is 5.08. The second-order valence-corrected chi connectivity index (χ2v) is 4.09. The highest BCUT2D eigenvalue weighted by molar-refractivity contribution is 5.85. The lowest BCUT2D eigenvalue weighted by molar-refractivity contribution is -0.128. The molecule has 1 saturated heterocycles. The molecule has 0 aliphatic carbocycles. The van der Waals surface area contributed by atoms with Gasteiger partial charge in [-0.2, -0.15) is 0 Å². The van der Waals surface area contributed by atoms with Crippen LogP contribution in [0.15, 0.2) is 24.3 Å². The Hall–Kier alpha value is -1.26. The van der Waals surface area contributed by atoms with Gasteiger partial charge in [-0.15, -0.1) is 12.4 Å². The Morgan fingerprint density at radius 3 is 2.53 bits per heavy atom. The summed E-state index contributed by atoms with van der Waals surface area (Å²) in [5.41, 5.74) is 6.83. The van der Waals surface area contributed by atoms with Crippen LogP contribution in [-0.2, 0) is 11.3 Å². The highest BCUT2D eigenvalue weighted by Crippen LogP contribution is 2.16. The molecule has 1 aliphatic heterocycles. The van der Waals surface area contributed by atoms with Crippen molar-refractivity contribution in [2.24, 2.45) is 5.73 Å². The van der Waals surface area contributed by atoms with E-state index in [9.17, 15) is 4.79 Å². The molecule has 1 aliphatic rings. The molecule has 2 rings (SSSR count). The maximum atomic E-state index is 11.5. The van der Waals surface area contributed by atoms with Crippen molar-refractivity contribution in [1.82, 2.24) is 4.90 Å². The van der Waals surface area contributed by atoms with Gasteiger partial charge in [-0.1, -0.05) is 12.1 Å². The van der Waals surface area contributed by atoms with Gasteiger partial charge in [-0.25, -0.2) is 0 Å². The summed E-state index contributed by atoms with van der Waals surface area (Å²) in [7, 11) is 1.64. The molecule has 17 heavy (non-hydrogen) atoms. The van der Waals surface area contributed by atoms with Crippen LogP contribution < -0.4 is 10.5 Å². The van der Waals surface area contributed by atoms with Crippen LogP contribution in [0.4, 0.5) is 0 Å². The van der Waals surface area contributed by atoms with Gasteiger partial charge in [0.2, 0.25) is 5.91 Å². The van der Waals surface area contributed by atoms with E-state index in [1.165, 1.54) is 0 Å². The van der Waals surface area contributed by atoms with E-state index < -0.39 is 0 Å². The highest BCUT2D eigenvalue weighted by Gasteiger charge is 2.26. The SMILES string of the molecule is COc1ccc(CN2CC(N)CC2=O)cc1.Cl. The number of ether oxygens (including phenoxy) is 1. The van der Waals surface area contributed by atoms with Gasteiger partial charge in [0, 0.05) is 25.6 Å². The van der Waals surface area contributed by atoms with E-state index in [0.29, 0.717) is 19.5 Å². The predicted octanol–water partition coefficient (Wildman–Crippen LogP) is 1.18. The van der Waals surface area contributed by atoms with Gasteiger partial charge >= 0.3 is 0 Å². The minimum Gasteiger partial charge on any atom is -0.497 e. The van der Waals surface area contributed by atoms with E-state index in [1.807, 2.05) is 24.3 Å². The van der Waals surface area contributed by atoms with Crippen molar-refractivity contribution in [1.29, 1.82) is 0 Å². The number of rotatable bonds is 3. The molecule has 94 valence electrons. The molecule has 5 heteroatoms. The first-order valence-corrected chi connectivity index (χ1v) is 5.35. The van der Waals surface area contributed by atoms with Crippen molar-refractivity contribution in [2.45, 2.75) is 19.0 Å². The Morgan fingerprint density at radius 2 is 2.06 bits per heavy atom. The Morgan fingerprint density at radius 1 is 1.41 bits per heavy atom. The topological polar surface area (TPSA) is 55.6 Å². The van der Waals surface area contributed by atoms with Gasteiger partial charge in [-0.05, 0) is 17.7 Å². The molecule has 0 aromatic heterocycles. The van der Waals surface area contributed by atoms with Crippen LogP contribution in [0.25, 0.3) is 0 Å². The molecule has 1 aromatic rings. The summed E-state index contributed by atoms with van der Waals surface area (Å²) >= 11 is 0. The van der Waals surface area contributed by atoms with Crippen LogP contribution in [0.3, 0.4) is 0 Å². The Bertz CT molecular complexity index is 381. The van der Waals surface area contributed by atoms with Crippen LogP contribution in [0, 0.1) is 0 Å². The van der Waals surface area contributed by atoms with E-state index in [1.54, 1.807) is 12.0 Å². The number of carbonyl (C=O) groups excluding carboxylic acids is 1. The van der Waals surface area contributed by atoms with Crippen molar-refractivity contribution >= 4 is 18.3 Å². The summed E-state index contributed by atoms with van der Waals surface area (Å²) in [5.74, 6) is 0.969. The van der Waals surface area contributed by atoms with Gasteiger partial charge in [0.25, 0.3) is 0 Å². The molecule has 0 bridgehead atoms. The van der Waals surface area contributed by atoms with Crippen molar-refractivity contribution in [3.05, 3.63) is 29.8 Å². The fourth-order valence-corrected chi connectivity index (χ4v) is 1.91. The van der Waals surface area contributed by atoms with Crippen LogP contribution in [-0.4, -0.2) is 30.5 Å². The lowest BCUT2D eigenvalue weighted by Crippen LogP contribution is -2.27. The summed E-state index contributed by atoms with van der Waals surface area (Å²) in [6, 6.07) is 7.73. The second-order valence-electron chi connectivity index (χ2n) is 4.09. The quantitative estimate of drug-likeness (QED) is 0.884. The fraction of sp³-hybridized carbons (Fsp3) is 0.417. The molecule has 1 amide bonds. The van der Waals surface area contributed by atoms with E-state index in [2.05, 4.69) is 0 Å². The molecule has 1 atom stereocenters. The van der Waals surface area contributed by atoms with Crippen LogP contribution in [0.2, 0.25) is 0 Å². The standard InChI is InChI=1S/C12H16N2O2.ClH/c1-16-11-4-2-9(3-5-11)7-14-8-10(13)6-12(14)15;/h2-5,10H,6-8,13H2,1H3;1H. The Labute approximate surface area is 107 Å². The van der Waals surface area contributed by atoms with Gasteiger partial charge < -0.3 is 15.4 Å². The third-order valence-electron chi connectivity index (χ3n) is 2.78. The number of hydrogen-bond donors (Lipinski definition) is 1. The molecule has 1 unspecified atom stereocenters. The first kappa shape index (κ1) is 13.8. The lowest BCUT2D eigenvalue weighted by Gasteiger charge is -2.16. The largest absolute Gasteiger partial charge is 0.497 e. The number of benzene rings is 1. The Balaban J connectivity index is 0.00000144. The maximum absolute atomic E-state index is 11.5. The molecular formula is C12H17ClN2O2. The number of hydrogen-bond acceptors (Lipinski definition) is 3. The second kappa shape index (κ2) is 5.89. The summed E-state index contributed by atoms with van der Waals surface area (Å²) in [6.45, 7) is 1.29. The van der Waals surface area contributed by atoms with Crippen LogP contribution in [0.5, 0.6) is 5.75 Å². The highest BCUT2D eigenvalue weighted by atomic mass is 35.5. The van der Waals surface area contributed by atoms with Crippen molar-refractivity contribution in [3.63, 3.8) is 0 Å². The molecule has 1 heterocycles. The van der Waals surface area contributed by atoms with Gasteiger partial charge in [0.1, 0.15) is 5.75 Å². The monoisotopic (exact) mass is 256 g/mol. The average molecular weight is 257 g/mol. The average Bonchev–Trinajstić information content (AvgIpc) is 2.59. The smallest absolute Gasteiger partial charge is 0.224 e. The van der Waals surface area contributed by atoms with E-state index in [4.69, 9.17) is 10.5 Å². The van der Waals surface area contributed by atoms with Crippen LogP contribution >= 0.6 is 12.4 Å². The minimum absolute atomic E-state index is 0. The van der Waals surface area contributed by atoms with Gasteiger partial charge in [-0.3, -0.25) is 4.79 Å². The number of likely N-dealkylation sites (tertiary alicyclic amines) is 1. The predicted molar refractivity (Wildman–Crippen MR) is 68.3 cm³/mol. The number of amides is 1. The molecule has 0 saturated carbocycles. The van der Waals surface area contributed by atoms with E-state index in [0.717, 1.165) is 11.3 Å². The van der Waals surface area contributed by atoms with Gasteiger partial charge in [0.05, 0.1) is 7.11 Å². The molecule has 0 spiro atoms. The van der Waals surface area contributed by atoms with Crippen LogP contribution in [0.1, 0.15) is 12.0 Å². The molecule has 0 radical (unpaired) electrons. The van der Waals surface area contributed by atoms with Gasteiger partial charge in [0.15, 0.2) is 0 Å². The maximum Gasteiger partial charge on any atom is 0.224 e. The molecular weight excluding hydrogens is 240 g/mol. The van der Waals surface area contributed by atoms with E-state index in [-0.39, 0.29) is 24.4 Å². The zero-order chi connectivity index (χ0) is 11.5. The summed E-state index contributed by atoms with van der Waals surface area (Å²) in [5, 5.41) is 0. The first-order valence-electron chi connectivity index (χ1n) is 5.35. The number of methoxy groups -OCH3 is 1. The third kappa shape index (κ3) is 3.35. The van der Waals surface area contributed by atoms with Crippen molar-refractivity contribution < 1.29 is 9.53 Å². The normalized spacial score (nSPS) is 19.1. The van der Waals surface area contributed by atoms with Crippen molar-refractivity contribution in [2.75, 3.05) is 13.7 Å². The summed E-state index contributed by atoms with van der Waals surface area (Å²) in [4.78, 5) is 13.3. The first-order chi connectivity index (χ1) is 7.69. The molecule has 2 N–H and O–H groups in total. The summed E-state index contributed by atoms with van der Waals surface area (Å²) in [6.07, 6.45) is 0.468. The van der Waals surface area contributed by atoms with Crippen molar-refractivity contribution in [3.8, 4) is 5.75 Å². The molecule has 1 fully saturated rings. The molecule has 1 aromatic carbocycles. The number of halogens is 1.